The van der Waals surface area contributed by atoms with Crippen LogP contribution in [0.1, 0.15) is 6.92 Å². The van der Waals surface area contributed by atoms with Gasteiger partial charge in [0.2, 0.25) is 0 Å². The smallest absolute Gasteiger partial charge is 0.494 e. The van der Waals surface area contributed by atoms with Crippen LogP contribution in [0.15, 0.2) is 99.6 Å². The quantitative estimate of drug-likeness (QED) is 0.400. The van der Waals surface area contributed by atoms with Gasteiger partial charge in [-0.1, -0.05) is 36.4 Å². The molecule has 30 heavy (non-hydrogen) atoms. The molecule has 0 bridgehead atoms. The summed E-state index contributed by atoms with van der Waals surface area (Å²) in [7, 11) is -9.18. The second-order valence-corrected chi connectivity index (χ2v) is 10.5. The largest absolute Gasteiger partial charge is 0.524 e. The molecule has 0 aromatic heterocycles. The summed E-state index contributed by atoms with van der Waals surface area (Å²) in [6, 6.07) is 22.3. The van der Waals surface area contributed by atoms with Crippen molar-refractivity contribution in [3.05, 3.63) is 84.9 Å². The fourth-order valence-electron chi connectivity index (χ4n) is 2.82. The third-order valence-corrected chi connectivity index (χ3v) is 9.00. The fourth-order valence-corrected chi connectivity index (χ4v) is 7.56. The van der Waals surface area contributed by atoms with Gasteiger partial charge in [0.25, 0.3) is 0 Å². The Bertz CT molecular complexity index is 1030. The monoisotopic (exact) mass is 456 g/mol. The summed E-state index contributed by atoms with van der Waals surface area (Å²) in [4.78, 5) is 0.914. The van der Waals surface area contributed by atoms with Gasteiger partial charge in [0.15, 0.2) is 0 Å². The van der Waals surface area contributed by atoms with Gasteiger partial charge in [-0.05, 0) is 65.8 Å². The molecule has 0 aliphatic carbocycles. The molecule has 3 rings (SSSR count). The maximum absolute atomic E-state index is 13.4. The molecular weight excluding hydrogens is 437 g/mol. The van der Waals surface area contributed by atoms with E-state index in [1.165, 1.54) is 12.1 Å². The van der Waals surface area contributed by atoms with Crippen molar-refractivity contribution in [2.45, 2.75) is 27.1 Å². The highest BCUT2D eigenvalue weighted by Gasteiger charge is 2.52. The van der Waals surface area contributed by atoms with E-state index in [2.05, 4.69) is 0 Å². The van der Waals surface area contributed by atoms with E-state index in [9.17, 15) is 21.6 Å². The van der Waals surface area contributed by atoms with Crippen molar-refractivity contribution in [2.75, 3.05) is 6.61 Å². The van der Waals surface area contributed by atoms with Crippen LogP contribution < -0.4 is 4.74 Å². The molecule has 0 saturated carbocycles. The van der Waals surface area contributed by atoms with Gasteiger partial charge in [0.1, 0.15) is 5.75 Å². The Morgan fingerprint density at radius 2 is 1.17 bits per heavy atom. The standard InChI is InChI=1S/C21H19F3O4S2/c1-2-27-17-13-15-20(16-14-17)29(18-9-5-3-6-10-18,19-11-7-4-8-12-19)28-30(25,26)21(22,23)24/h3-16H,2H2,1H3. The Labute approximate surface area is 174 Å². The molecule has 0 aliphatic heterocycles. The first-order chi connectivity index (χ1) is 14.2. The maximum Gasteiger partial charge on any atom is 0.524 e. The zero-order chi connectivity index (χ0) is 21.8. The number of hydrogen-bond donors (Lipinski definition) is 0. The fraction of sp³-hybridized carbons (Fsp3) is 0.143. The Hall–Kier alpha value is -2.49. The minimum atomic E-state index is -5.91. The number of ether oxygens (including phenoxy) is 1. The molecule has 0 N–H and O–H groups in total. The lowest BCUT2D eigenvalue weighted by Crippen LogP contribution is -2.27. The lowest BCUT2D eigenvalue weighted by molar-refractivity contribution is -0.0496. The molecule has 0 radical (unpaired) electrons. The molecule has 0 saturated heterocycles. The van der Waals surface area contributed by atoms with Crippen LogP contribution in [0.4, 0.5) is 13.2 Å². The van der Waals surface area contributed by atoms with Crippen LogP contribution in [-0.4, -0.2) is 20.5 Å². The highest BCUT2D eigenvalue weighted by atomic mass is 32.3. The third-order valence-electron chi connectivity index (χ3n) is 4.09. The second kappa shape index (κ2) is 8.71. The molecule has 3 aromatic rings. The van der Waals surface area contributed by atoms with E-state index >= 15 is 0 Å². The van der Waals surface area contributed by atoms with Gasteiger partial charge in [-0.15, -0.1) is 0 Å². The maximum atomic E-state index is 13.4. The summed E-state index contributed by atoms with van der Waals surface area (Å²) in [6.07, 6.45) is 0. The van der Waals surface area contributed by atoms with Crippen LogP contribution in [0.5, 0.6) is 5.75 Å². The van der Waals surface area contributed by atoms with Gasteiger partial charge in [0, 0.05) is 14.7 Å². The van der Waals surface area contributed by atoms with E-state index in [1.54, 1.807) is 79.7 Å². The molecule has 0 spiro atoms. The predicted octanol–water partition coefficient (Wildman–Crippen LogP) is 6.15. The molecule has 0 heterocycles. The van der Waals surface area contributed by atoms with Crippen molar-refractivity contribution < 1.29 is 30.0 Å². The Morgan fingerprint density at radius 3 is 1.57 bits per heavy atom. The van der Waals surface area contributed by atoms with Gasteiger partial charge in [0.05, 0.1) is 6.61 Å². The second-order valence-electron chi connectivity index (χ2n) is 6.05. The summed E-state index contributed by atoms with van der Waals surface area (Å²) in [5, 5.41) is 0. The van der Waals surface area contributed by atoms with Gasteiger partial charge in [-0.25, -0.2) is 0 Å². The van der Waals surface area contributed by atoms with Gasteiger partial charge in [-0.2, -0.15) is 25.2 Å². The number of rotatable bonds is 7. The summed E-state index contributed by atoms with van der Waals surface area (Å²) in [5.74, 6) is 0.509. The molecule has 0 aliphatic rings. The molecule has 0 atom stereocenters. The summed E-state index contributed by atoms with van der Waals surface area (Å²) in [6.45, 7) is 2.21. The molecule has 4 nitrogen and oxygen atoms in total. The third kappa shape index (κ3) is 4.33. The average Bonchev–Trinajstić information content (AvgIpc) is 2.73. The number of alkyl halides is 3. The molecule has 0 unspecified atom stereocenters. The lowest BCUT2D eigenvalue weighted by atomic mass is 10.3. The van der Waals surface area contributed by atoms with Gasteiger partial charge >= 0.3 is 15.6 Å². The van der Waals surface area contributed by atoms with Crippen molar-refractivity contribution in [1.29, 1.82) is 0 Å². The number of hydrogen-bond acceptors (Lipinski definition) is 4. The minimum Gasteiger partial charge on any atom is -0.494 e. The van der Waals surface area contributed by atoms with Crippen molar-refractivity contribution in [3.63, 3.8) is 0 Å². The molecule has 160 valence electrons. The molecule has 9 heteroatoms. The van der Waals surface area contributed by atoms with Crippen LogP contribution in [0.2, 0.25) is 0 Å². The molecule has 0 amide bonds. The average molecular weight is 457 g/mol. The van der Waals surface area contributed by atoms with Crippen LogP contribution in [0.3, 0.4) is 0 Å². The molecular formula is C21H19F3O4S2. The zero-order valence-electron chi connectivity index (χ0n) is 15.9. The topological polar surface area (TPSA) is 52.6 Å². The summed E-state index contributed by atoms with van der Waals surface area (Å²) >= 11 is 0. The summed E-state index contributed by atoms with van der Waals surface area (Å²) in [5.41, 5.74) is -5.57. The van der Waals surface area contributed by atoms with Crippen molar-refractivity contribution in [1.82, 2.24) is 0 Å². The number of halogens is 3. The highest BCUT2D eigenvalue weighted by molar-refractivity contribution is 8.33. The molecule has 0 fully saturated rings. The first-order valence-electron chi connectivity index (χ1n) is 8.89. The minimum absolute atomic E-state index is 0.288. The SMILES string of the molecule is CCOc1ccc(S(OS(=O)(=O)C(F)(F)F)(c2ccccc2)c2ccccc2)cc1. The van der Waals surface area contributed by atoms with Crippen LogP contribution >= 0.6 is 10.3 Å². The number of benzene rings is 3. The Kier molecular flexibility index (Phi) is 6.44. The van der Waals surface area contributed by atoms with E-state index in [1.807, 2.05) is 0 Å². The Balaban J connectivity index is 2.32. The van der Waals surface area contributed by atoms with Crippen LogP contribution in [0.25, 0.3) is 0 Å². The van der Waals surface area contributed by atoms with E-state index < -0.39 is 25.9 Å². The van der Waals surface area contributed by atoms with Crippen LogP contribution in [0, 0.1) is 0 Å². The van der Waals surface area contributed by atoms with Crippen molar-refractivity contribution >= 4 is 20.4 Å². The predicted molar refractivity (Wildman–Crippen MR) is 109 cm³/mol. The van der Waals surface area contributed by atoms with E-state index in [0.717, 1.165) is 0 Å². The first kappa shape index (κ1) is 22.2. The normalized spacial score (nSPS) is 13.1. The Morgan fingerprint density at radius 1 is 0.733 bits per heavy atom. The van der Waals surface area contributed by atoms with Crippen LogP contribution in [-0.2, 0) is 13.7 Å². The van der Waals surface area contributed by atoms with Gasteiger partial charge < -0.3 is 4.74 Å². The van der Waals surface area contributed by atoms with E-state index in [-0.39, 0.29) is 4.90 Å². The zero-order valence-corrected chi connectivity index (χ0v) is 17.5. The van der Waals surface area contributed by atoms with E-state index in [4.69, 9.17) is 8.37 Å². The van der Waals surface area contributed by atoms with Gasteiger partial charge in [-0.3, -0.25) is 0 Å². The van der Waals surface area contributed by atoms with Crippen molar-refractivity contribution in [2.24, 2.45) is 0 Å². The lowest BCUT2D eigenvalue weighted by Gasteiger charge is -2.39. The summed E-state index contributed by atoms with van der Waals surface area (Å²) < 4.78 is 75.0. The van der Waals surface area contributed by atoms with Crippen molar-refractivity contribution in [3.8, 4) is 5.75 Å². The highest BCUT2D eigenvalue weighted by Crippen LogP contribution is 2.70. The van der Waals surface area contributed by atoms with E-state index in [0.29, 0.717) is 22.1 Å². The molecule has 3 aromatic carbocycles. The first-order valence-corrected chi connectivity index (χ1v) is 11.9.